The third kappa shape index (κ3) is 9.23. The van der Waals surface area contributed by atoms with E-state index in [1.807, 2.05) is 27.7 Å². The molecule has 0 aliphatic carbocycles. The van der Waals surface area contributed by atoms with Crippen LogP contribution in [0.5, 0.6) is 0 Å². The van der Waals surface area contributed by atoms with E-state index in [0.29, 0.717) is 19.2 Å². The third-order valence-corrected chi connectivity index (χ3v) is 7.86. The first-order valence-corrected chi connectivity index (χ1v) is 14.9. The van der Waals surface area contributed by atoms with Crippen LogP contribution in [0.2, 0.25) is 6.32 Å². The van der Waals surface area contributed by atoms with Crippen molar-refractivity contribution in [3.05, 3.63) is 0 Å². The quantitative estimate of drug-likeness (QED) is 0.244. The van der Waals surface area contributed by atoms with Crippen molar-refractivity contribution in [2.24, 2.45) is 0 Å². The Hall–Kier alpha value is -2.54. The number of unbranched alkanes of at least 4 members (excludes halogenated alkanes) is 1. The van der Waals surface area contributed by atoms with Crippen LogP contribution in [0.1, 0.15) is 108 Å². The number of hydrogen-bond donors (Lipinski definition) is 3. The largest absolute Gasteiger partial charge is 0.479 e. The lowest BCUT2D eigenvalue weighted by Gasteiger charge is -2.35. The molecule has 3 amide bonds. The van der Waals surface area contributed by atoms with Crippen LogP contribution in [0.3, 0.4) is 0 Å². The van der Waals surface area contributed by atoms with Gasteiger partial charge in [0.15, 0.2) is 0 Å². The zero-order valence-electron chi connectivity index (χ0n) is 27.3. The second kappa shape index (κ2) is 13.0. The summed E-state index contributed by atoms with van der Waals surface area (Å²) in [4.78, 5) is 52.8. The van der Waals surface area contributed by atoms with Gasteiger partial charge in [-0.2, -0.15) is 0 Å². The average Bonchev–Trinajstić information content (AvgIpc) is 3.26. The van der Waals surface area contributed by atoms with Crippen LogP contribution < -0.4 is 10.6 Å². The predicted octanol–water partition coefficient (Wildman–Crippen LogP) is 4.50. The van der Waals surface area contributed by atoms with Gasteiger partial charge in [0, 0.05) is 19.0 Å². The van der Waals surface area contributed by atoms with Gasteiger partial charge in [-0.25, -0.2) is 14.4 Å². The van der Waals surface area contributed by atoms with E-state index in [9.17, 15) is 24.3 Å². The van der Waals surface area contributed by atoms with Gasteiger partial charge in [0.1, 0.15) is 22.8 Å². The molecule has 0 spiro atoms. The number of hydrogen-bond acceptors (Lipinski definition) is 8. The van der Waals surface area contributed by atoms with Crippen molar-refractivity contribution in [1.82, 2.24) is 15.5 Å². The molecule has 3 atom stereocenters. The zero-order valence-corrected chi connectivity index (χ0v) is 27.3. The van der Waals surface area contributed by atoms with Crippen molar-refractivity contribution in [1.29, 1.82) is 0 Å². The summed E-state index contributed by atoms with van der Waals surface area (Å²) in [6.45, 7) is 19.9. The highest BCUT2D eigenvalue weighted by atomic mass is 16.7. The Kier molecular flexibility index (Phi) is 11.0. The van der Waals surface area contributed by atoms with Crippen LogP contribution in [0.4, 0.5) is 9.59 Å². The van der Waals surface area contributed by atoms with Crippen molar-refractivity contribution < 1.29 is 43.1 Å². The molecule has 0 radical (unpaired) electrons. The summed E-state index contributed by atoms with van der Waals surface area (Å²) in [5.41, 5.74) is -4.08. The number of likely N-dealkylation sites (tertiary alicyclic amines) is 1. The van der Waals surface area contributed by atoms with Crippen LogP contribution in [0, 0.1) is 0 Å². The van der Waals surface area contributed by atoms with Crippen molar-refractivity contribution in [2.75, 3.05) is 6.54 Å². The van der Waals surface area contributed by atoms with E-state index in [2.05, 4.69) is 10.6 Å². The minimum Gasteiger partial charge on any atom is -0.479 e. The van der Waals surface area contributed by atoms with Gasteiger partial charge >= 0.3 is 25.3 Å². The molecule has 2 fully saturated rings. The topological polar surface area (TPSA) is 153 Å². The van der Waals surface area contributed by atoms with Crippen molar-refractivity contribution in [2.45, 2.75) is 155 Å². The van der Waals surface area contributed by atoms with E-state index in [1.165, 1.54) is 4.90 Å². The van der Waals surface area contributed by atoms with E-state index < -0.39 is 71.2 Å². The Morgan fingerprint density at radius 3 is 2.00 bits per heavy atom. The Bertz CT molecular complexity index is 989. The maximum Gasteiger partial charge on any atom is 0.457 e. The number of amides is 3. The Morgan fingerprint density at radius 1 is 0.976 bits per heavy atom. The van der Waals surface area contributed by atoms with E-state index in [-0.39, 0.29) is 25.8 Å². The average molecular weight is 598 g/mol. The molecule has 2 aliphatic heterocycles. The number of ether oxygens (including phenoxy) is 2. The maximum atomic E-state index is 13.3. The first-order valence-electron chi connectivity index (χ1n) is 14.9. The summed E-state index contributed by atoms with van der Waals surface area (Å²) in [5.74, 6) is -1.65. The number of nitrogens with zero attached hydrogens (tertiary/aromatic N) is 1. The number of carbonyl (C=O) groups excluding carboxylic acids is 3. The van der Waals surface area contributed by atoms with Crippen molar-refractivity contribution >= 4 is 31.2 Å². The highest BCUT2D eigenvalue weighted by Crippen LogP contribution is 2.39. The summed E-state index contributed by atoms with van der Waals surface area (Å²) in [5, 5.41) is 15.9. The van der Waals surface area contributed by atoms with E-state index in [1.54, 1.807) is 48.5 Å². The fraction of sp³-hybridized carbons (Fsp3) is 0.862. The monoisotopic (exact) mass is 597 g/mol. The number of alkyl carbamates (subject to hydrolysis) is 1. The molecule has 13 heteroatoms. The number of carboxylic acids is 1. The molecule has 0 bridgehead atoms. The summed E-state index contributed by atoms with van der Waals surface area (Å²) in [6.07, 6.45) is 0.615. The molecule has 2 heterocycles. The lowest BCUT2D eigenvalue weighted by atomic mass is 9.80. The molecular weight excluding hydrogens is 545 g/mol. The number of aliphatic carboxylic acids is 1. The van der Waals surface area contributed by atoms with Crippen LogP contribution in [-0.2, 0) is 28.4 Å². The minimum atomic E-state index is -1.59. The molecule has 2 aliphatic rings. The molecule has 0 saturated carbocycles. The molecule has 12 nitrogen and oxygen atoms in total. The molecule has 3 N–H and O–H groups in total. The first-order chi connectivity index (χ1) is 19.0. The Balaban J connectivity index is 2.16. The van der Waals surface area contributed by atoms with Gasteiger partial charge in [0.25, 0.3) is 0 Å². The van der Waals surface area contributed by atoms with Gasteiger partial charge in [0.05, 0.1) is 11.2 Å². The predicted molar refractivity (Wildman–Crippen MR) is 158 cm³/mol. The Labute approximate surface area is 251 Å². The number of nitrogens with one attached hydrogen (secondary N) is 2. The normalized spacial score (nSPS) is 24.2. The van der Waals surface area contributed by atoms with Gasteiger partial charge in [-0.1, -0.05) is 19.8 Å². The standard InChI is InChI=1S/C29H52BN3O9/c1-12-20(32-23(37)39-25(2,3)4)21(34)31-19-17-29(22(35)36,33(18-19)24(38)40-26(5,6)7)15-13-14-16-30-41-27(8,9)28(10,11)42-30/h19-20H,12-18H2,1-11H3,(H,31,34)(H,32,37)(H,35,36)/t19-,20?,29-/m1/s1. The van der Waals surface area contributed by atoms with Gasteiger partial charge in [-0.05, 0) is 88.4 Å². The third-order valence-electron chi connectivity index (χ3n) is 7.86. The van der Waals surface area contributed by atoms with E-state index in [0.717, 1.165) is 0 Å². The SMILES string of the molecule is CCC(NC(=O)OC(C)(C)C)C(=O)N[C@H]1CN(C(=O)OC(C)(C)C)[C@@](CCCCB2OC(C)(C)C(C)(C)O2)(C(=O)O)C1. The van der Waals surface area contributed by atoms with E-state index in [4.69, 9.17) is 18.8 Å². The summed E-state index contributed by atoms with van der Waals surface area (Å²) < 4.78 is 23.0. The van der Waals surface area contributed by atoms with Gasteiger partial charge < -0.3 is 34.5 Å². The molecule has 42 heavy (non-hydrogen) atoms. The lowest BCUT2D eigenvalue weighted by Crippen LogP contribution is -2.54. The molecule has 2 saturated heterocycles. The number of carboxylic acid groups (broad SMARTS) is 1. The van der Waals surface area contributed by atoms with Crippen LogP contribution in [0.25, 0.3) is 0 Å². The molecule has 0 aromatic carbocycles. The smallest absolute Gasteiger partial charge is 0.457 e. The summed E-state index contributed by atoms with van der Waals surface area (Å²) in [6, 6.07) is -1.56. The first kappa shape index (κ1) is 35.7. The summed E-state index contributed by atoms with van der Waals surface area (Å²) >= 11 is 0. The second-order valence-electron chi connectivity index (χ2n) is 14.4. The summed E-state index contributed by atoms with van der Waals surface area (Å²) in [7, 11) is -0.406. The molecule has 2 rings (SSSR count). The van der Waals surface area contributed by atoms with Gasteiger partial charge in [-0.15, -0.1) is 0 Å². The second-order valence-corrected chi connectivity index (χ2v) is 14.4. The van der Waals surface area contributed by atoms with E-state index >= 15 is 0 Å². The Morgan fingerprint density at radius 2 is 1.52 bits per heavy atom. The van der Waals surface area contributed by atoms with Crippen LogP contribution in [0.15, 0.2) is 0 Å². The maximum absolute atomic E-state index is 13.3. The van der Waals surface area contributed by atoms with Gasteiger partial charge in [0.2, 0.25) is 5.91 Å². The van der Waals surface area contributed by atoms with Crippen LogP contribution in [-0.4, -0.2) is 87.8 Å². The minimum absolute atomic E-state index is 0.00726. The molecular formula is C29H52BN3O9. The number of carbonyl (C=O) groups is 4. The van der Waals surface area contributed by atoms with Crippen LogP contribution >= 0.6 is 0 Å². The highest BCUT2D eigenvalue weighted by molar-refractivity contribution is 6.45. The molecule has 240 valence electrons. The fourth-order valence-electron chi connectivity index (χ4n) is 5.10. The lowest BCUT2D eigenvalue weighted by molar-refractivity contribution is -0.150. The van der Waals surface area contributed by atoms with Crippen molar-refractivity contribution in [3.8, 4) is 0 Å². The highest BCUT2D eigenvalue weighted by Gasteiger charge is 2.55. The van der Waals surface area contributed by atoms with Gasteiger partial charge in [-0.3, -0.25) is 9.69 Å². The molecule has 0 aromatic rings. The fourth-order valence-corrected chi connectivity index (χ4v) is 5.10. The van der Waals surface area contributed by atoms with Crippen molar-refractivity contribution in [3.63, 3.8) is 0 Å². The molecule has 1 unspecified atom stereocenters. The molecule has 0 aromatic heterocycles. The number of rotatable bonds is 10. The zero-order chi connectivity index (χ0) is 32.3.